The molecule has 0 aliphatic carbocycles. The van der Waals surface area contributed by atoms with Gasteiger partial charge in [0.05, 0.1) is 12.8 Å². The molecule has 3 rings (SSSR count). The minimum atomic E-state index is 0.620. The van der Waals surface area contributed by atoms with Gasteiger partial charge in [0.2, 0.25) is 0 Å². The minimum Gasteiger partial charge on any atom is -0.493 e. The Balaban J connectivity index is 2.07. The second-order valence-electron chi connectivity index (χ2n) is 4.03. The van der Waals surface area contributed by atoms with E-state index in [0.717, 1.165) is 11.4 Å². The van der Waals surface area contributed by atoms with Crippen LogP contribution in [0.25, 0.3) is 5.65 Å². The van der Waals surface area contributed by atoms with Crippen LogP contribution in [-0.2, 0) is 0 Å². The van der Waals surface area contributed by atoms with Gasteiger partial charge in [0.15, 0.2) is 11.4 Å². The van der Waals surface area contributed by atoms with Gasteiger partial charge in [-0.1, -0.05) is 0 Å². The Bertz CT molecular complexity index is 503. The molecule has 1 unspecified atom stereocenters. The van der Waals surface area contributed by atoms with Gasteiger partial charge in [-0.15, -0.1) is 0 Å². The van der Waals surface area contributed by atoms with Crippen LogP contribution in [0.4, 0.5) is 0 Å². The Morgan fingerprint density at radius 2 is 2.50 bits per heavy atom. The highest BCUT2D eigenvalue weighted by Gasteiger charge is 2.20. The van der Waals surface area contributed by atoms with Gasteiger partial charge < -0.3 is 9.14 Å². The van der Waals surface area contributed by atoms with Gasteiger partial charge in [0, 0.05) is 24.1 Å². The fraction of sp³-hybridized carbons (Fsp3) is 0.417. The predicted molar refractivity (Wildman–Crippen MR) is 66.4 cm³/mol. The second kappa shape index (κ2) is 4.01. The first-order valence-electron chi connectivity index (χ1n) is 5.48. The van der Waals surface area contributed by atoms with Gasteiger partial charge >= 0.3 is 0 Å². The molecule has 16 heavy (non-hydrogen) atoms. The van der Waals surface area contributed by atoms with Crippen molar-refractivity contribution >= 4 is 17.4 Å². The number of thioether (sulfide) groups is 1. The van der Waals surface area contributed by atoms with Crippen molar-refractivity contribution in [2.75, 3.05) is 18.6 Å². The number of pyridine rings is 1. The van der Waals surface area contributed by atoms with Crippen molar-refractivity contribution < 1.29 is 4.74 Å². The monoisotopic (exact) mass is 234 g/mol. The Morgan fingerprint density at radius 3 is 3.25 bits per heavy atom. The topological polar surface area (TPSA) is 26.5 Å². The molecule has 3 nitrogen and oxygen atoms in total. The first-order valence-corrected chi connectivity index (χ1v) is 6.63. The van der Waals surface area contributed by atoms with Crippen LogP contribution in [0.5, 0.6) is 5.75 Å². The highest BCUT2D eigenvalue weighted by Crippen LogP contribution is 2.32. The largest absolute Gasteiger partial charge is 0.493 e. The number of hydrogen-bond acceptors (Lipinski definition) is 3. The summed E-state index contributed by atoms with van der Waals surface area (Å²) in [5.74, 6) is 3.93. The third-order valence-corrected chi connectivity index (χ3v) is 4.20. The van der Waals surface area contributed by atoms with Crippen molar-refractivity contribution in [3.05, 3.63) is 30.2 Å². The molecule has 2 aromatic heterocycles. The Hall–Kier alpha value is -1.16. The standard InChI is InChI=1S/C12H14N2OS/c1-15-11-3-2-5-14-7-10(13-12(11)14)9-4-6-16-8-9/h2-3,5,7,9H,4,6,8H2,1H3. The van der Waals surface area contributed by atoms with Gasteiger partial charge in [-0.25, -0.2) is 4.98 Å². The third kappa shape index (κ3) is 1.57. The number of nitrogens with zero attached hydrogens (tertiary/aromatic N) is 2. The van der Waals surface area contributed by atoms with E-state index in [1.165, 1.54) is 23.6 Å². The summed E-state index contributed by atoms with van der Waals surface area (Å²) in [6.07, 6.45) is 5.40. The Labute approximate surface area is 98.8 Å². The molecule has 0 saturated carbocycles. The van der Waals surface area contributed by atoms with Crippen LogP contribution in [0.1, 0.15) is 18.0 Å². The number of ether oxygens (including phenoxy) is 1. The molecule has 2 aromatic rings. The zero-order valence-corrected chi connectivity index (χ0v) is 10.0. The summed E-state index contributed by atoms with van der Waals surface area (Å²) in [5.41, 5.74) is 2.13. The SMILES string of the molecule is COc1cccn2cc(C3CCSC3)nc12. The second-order valence-corrected chi connectivity index (χ2v) is 5.18. The summed E-state index contributed by atoms with van der Waals surface area (Å²) in [6.45, 7) is 0. The van der Waals surface area contributed by atoms with E-state index in [-0.39, 0.29) is 0 Å². The van der Waals surface area contributed by atoms with Crippen molar-refractivity contribution in [3.8, 4) is 5.75 Å². The lowest BCUT2D eigenvalue weighted by Gasteiger charge is -2.01. The molecule has 0 amide bonds. The first-order chi connectivity index (χ1) is 7.88. The molecule has 84 valence electrons. The van der Waals surface area contributed by atoms with Crippen LogP contribution < -0.4 is 4.74 Å². The highest BCUT2D eigenvalue weighted by molar-refractivity contribution is 7.99. The van der Waals surface area contributed by atoms with Crippen molar-refractivity contribution in [3.63, 3.8) is 0 Å². The summed E-state index contributed by atoms with van der Waals surface area (Å²) >= 11 is 2.02. The minimum absolute atomic E-state index is 0.620. The maximum absolute atomic E-state index is 5.31. The van der Waals surface area contributed by atoms with E-state index < -0.39 is 0 Å². The van der Waals surface area contributed by atoms with E-state index in [1.807, 2.05) is 30.1 Å². The number of fused-ring (bicyclic) bond motifs is 1. The molecule has 0 spiro atoms. The summed E-state index contributed by atoms with van der Waals surface area (Å²) < 4.78 is 7.37. The smallest absolute Gasteiger partial charge is 0.179 e. The average molecular weight is 234 g/mol. The molecule has 1 fully saturated rings. The van der Waals surface area contributed by atoms with E-state index in [2.05, 4.69) is 10.6 Å². The van der Waals surface area contributed by atoms with Crippen molar-refractivity contribution in [2.24, 2.45) is 0 Å². The highest BCUT2D eigenvalue weighted by atomic mass is 32.2. The van der Waals surface area contributed by atoms with Gasteiger partial charge in [0.25, 0.3) is 0 Å². The number of methoxy groups -OCH3 is 1. The number of imidazole rings is 1. The summed E-state index contributed by atoms with van der Waals surface area (Å²) in [4.78, 5) is 4.69. The van der Waals surface area contributed by atoms with Crippen LogP contribution in [0.2, 0.25) is 0 Å². The molecular formula is C12H14N2OS. The summed E-state index contributed by atoms with van der Waals surface area (Å²) in [5, 5.41) is 0. The zero-order chi connectivity index (χ0) is 11.0. The average Bonchev–Trinajstić information content (AvgIpc) is 2.96. The normalized spacial score (nSPS) is 20.4. The first kappa shape index (κ1) is 10.0. The van der Waals surface area contributed by atoms with Crippen LogP contribution in [0.15, 0.2) is 24.5 Å². The van der Waals surface area contributed by atoms with Crippen LogP contribution in [0.3, 0.4) is 0 Å². The quantitative estimate of drug-likeness (QED) is 0.799. The molecule has 0 bridgehead atoms. The van der Waals surface area contributed by atoms with Crippen LogP contribution >= 0.6 is 11.8 Å². The lowest BCUT2D eigenvalue weighted by Crippen LogP contribution is -1.95. The summed E-state index contributed by atoms with van der Waals surface area (Å²) in [6, 6.07) is 3.94. The Morgan fingerprint density at radius 1 is 1.56 bits per heavy atom. The molecule has 1 atom stereocenters. The lowest BCUT2D eigenvalue weighted by molar-refractivity contribution is 0.417. The molecular weight excluding hydrogens is 220 g/mol. The zero-order valence-electron chi connectivity index (χ0n) is 9.22. The fourth-order valence-electron chi connectivity index (χ4n) is 2.13. The van der Waals surface area contributed by atoms with Crippen molar-refractivity contribution in [2.45, 2.75) is 12.3 Å². The molecule has 0 radical (unpaired) electrons. The molecule has 3 heterocycles. The molecule has 4 heteroatoms. The van der Waals surface area contributed by atoms with Gasteiger partial charge in [-0.05, 0) is 24.3 Å². The maximum atomic E-state index is 5.31. The van der Waals surface area contributed by atoms with Crippen molar-refractivity contribution in [1.82, 2.24) is 9.38 Å². The Kier molecular flexibility index (Phi) is 2.52. The molecule has 1 saturated heterocycles. The van der Waals surface area contributed by atoms with E-state index in [9.17, 15) is 0 Å². The van der Waals surface area contributed by atoms with E-state index in [0.29, 0.717) is 5.92 Å². The number of aromatic nitrogens is 2. The molecule has 0 N–H and O–H groups in total. The fourth-order valence-corrected chi connectivity index (χ4v) is 3.37. The summed E-state index contributed by atoms with van der Waals surface area (Å²) in [7, 11) is 1.69. The molecule has 0 aromatic carbocycles. The maximum Gasteiger partial charge on any atom is 0.179 e. The van der Waals surface area contributed by atoms with Crippen LogP contribution in [-0.4, -0.2) is 28.0 Å². The third-order valence-electron chi connectivity index (χ3n) is 3.03. The van der Waals surface area contributed by atoms with E-state index in [4.69, 9.17) is 9.72 Å². The van der Waals surface area contributed by atoms with E-state index in [1.54, 1.807) is 7.11 Å². The number of hydrogen-bond donors (Lipinski definition) is 0. The van der Waals surface area contributed by atoms with Gasteiger partial charge in [-0.3, -0.25) is 0 Å². The van der Waals surface area contributed by atoms with Crippen LogP contribution in [0, 0.1) is 0 Å². The number of rotatable bonds is 2. The molecule has 1 aliphatic heterocycles. The van der Waals surface area contributed by atoms with Gasteiger partial charge in [-0.2, -0.15) is 11.8 Å². The lowest BCUT2D eigenvalue weighted by atomic mass is 10.1. The molecule has 1 aliphatic rings. The predicted octanol–water partition coefficient (Wildman–Crippen LogP) is 2.56. The van der Waals surface area contributed by atoms with Gasteiger partial charge in [0.1, 0.15) is 0 Å². The van der Waals surface area contributed by atoms with Crippen molar-refractivity contribution in [1.29, 1.82) is 0 Å². The van der Waals surface area contributed by atoms with E-state index >= 15 is 0 Å².